The molecule has 0 heterocycles. The molecule has 2 aromatic carbocycles. The topological polar surface area (TPSA) is 93.7 Å². The molecule has 0 aromatic heterocycles. The summed E-state index contributed by atoms with van der Waals surface area (Å²) in [5.41, 5.74) is 1.95. The van der Waals surface area contributed by atoms with E-state index in [-0.39, 0.29) is 11.7 Å². The van der Waals surface area contributed by atoms with Crippen molar-refractivity contribution < 1.29 is 32.6 Å². The van der Waals surface area contributed by atoms with E-state index in [2.05, 4.69) is 15.4 Å². The van der Waals surface area contributed by atoms with Gasteiger partial charge in [-0.15, -0.1) is 0 Å². The first kappa shape index (κ1) is 22.8. The first-order chi connectivity index (χ1) is 14.3. The zero-order chi connectivity index (χ0) is 21.9. The maximum absolute atomic E-state index is 12.1. The Hall–Kier alpha value is -3.49. The van der Waals surface area contributed by atoms with E-state index in [1.165, 1.54) is 19.1 Å². The van der Waals surface area contributed by atoms with Gasteiger partial charge in [-0.3, -0.25) is 9.59 Å². The quantitative estimate of drug-likeness (QED) is 0.576. The third-order valence-electron chi connectivity index (χ3n) is 3.95. The number of hydrogen-bond donors (Lipinski definition) is 2. The first-order valence-corrected chi connectivity index (χ1v) is 9.14. The zero-order valence-corrected chi connectivity index (χ0v) is 16.3. The average molecular weight is 420 g/mol. The van der Waals surface area contributed by atoms with Crippen LogP contribution in [0.25, 0.3) is 0 Å². The summed E-state index contributed by atoms with van der Waals surface area (Å²) in [7, 11) is 0. The molecule has 0 aliphatic heterocycles. The van der Waals surface area contributed by atoms with E-state index >= 15 is 0 Å². The van der Waals surface area contributed by atoms with Crippen LogP contribution in [0.4, 0.5) is 8.78 Å². The van der Waals surface area contributed by atoms with Gasteiger partial charge < -0.3 is 20.1 Å². The van der Waals surface area contributed by atoms with Gasteiger partial charge in [-0.25, -0.2) is 4.79 Å². The molecule has 2 rings (SSSR count). The van der Waals surface area contributed by atoms with E-state index in [9.17, 15) is 23.2 Å². The third-order valence-corrected chi connectivity index (χ3v) is 3.95. The molecule has 160 valence electrons. The Bertz CT molecular complexity index is 855. The van der Waals surface area contributed by atoms with Crippen LogP contribution in [-0.2, 0) is 27.3 Å². The van der Waals surface area contributed by atoms with Crippen LogP contribution in [0.3, 0.4) is 0 Å². The molecule has 0 radical (unpaired) electrons. The van der Waals surface area contributed by atoms with Crippen molar-refractivity contribution in [2.75, 3.05) is 13.2 Å². The minimum atomic E-state index is -2.88. The van der Waals surface area contributed by atoms with Crippen molar-refractivity contribution in [3.05, 3.63) is 65.2 Å². The van der Waals surface area contributed by atoms with Crippen molar-refractivity contribution in [2.45, 2.75) is 26.5 Å². The van der Waals surface area contributed by atoms with Gasteiger partial charge in [-0.05, 0) is 41.8 Å². The number of alkyl halides is 2. The van der Waals surface area contributed by atoms with Crippen molar-refractivity contribution >= 4 is 17.8 Å². The summed E-state index contributed by atoms with van der Waals surface area (Å²) in [4.78, 5) is 34.7. The zero-order valence-electron chi connectivity index (χ0n) is 16.3. The number of esters is 1. The molecule has 7 nitrogen and oxygen atoms in total. The van der Waals surface area contributed by atoms with Crippen LogP contribution in [0, 0.1) is 0 Å². The van der Waals surface area contributed by atoms with Crippen LogP contribution in [0.1, 0.15) is 28.4 Å². The fourth-order valence-corrected chi connectivity index (χ4v) is 2.43. The molecule has 0 spiro atoms. The highest BCUT2D eigenvalue weighted by Gasteiger charge is 2.10. The number of hydrogen-bond acceptors (Lipinski definition) is 5. The summed E-state index contributed by atoms with van der Waals surface area (Å²) in [5.74, 6) is -1.18. The molecule has 2 N–H and O–H groups in total. The second-order valence-electron chi connectivity index (χ2n) is 6.31. The van der Waals surface area contributed by atoms with E-state index in [0.29, 0.717) is 25.1 Å². The smallest absolute Gasteiger partial charge is 0.387 e. The second-order valence-corrected chi connectivity index (χ2v) is 6.31. The lowest BCUT2D eigenvalue weighted by Gasteiger charge is -2.08. The number of ether oxygens (including phenoxy) is 2. The minimum absolute atomic E-state index is 0.0628. The highest BCUT2D eigenvalue weighted by atomic mass is 19.3. The standard InChI is InChI=1S/C21H22F2N2O5/c1-14(26)25-12-16-2-6-17(7-3-16)20(28)29-13-19(27)24-11-10-15-4-8-18(9-5-15)30-21(22)23/h2-9,21H,10-13H2,1H3,(H,24,27)(H,25,26). The van der Waals surface area contributed by atoms with Gasteiger partial charge in [0.25, 0.3) is 5.91 Å². The lowest BCUT2D eigenvalue weighted by atomic mass is 10.1. The van der Waals surface area contributed by atoms with Crippen molar-refractivity contribution in [3.8, 4) is 5.75 Å². The number of benzene rings is 2. The fourth-order valence-electron chi connectivity index (χ4n) is 2.43. The van der Waals surface area contributed by atoms with Crippen molar-refractivity contribution in [2.24, 2.45) is 0 Å². The van der Waals surface area contributed by atoms with Gasteiger partial charge in [-0.1, -0.05) is 24.3 Å². The van der Waals surface area contributed by atoms with Gasteiger partial charge in [-0.2, -0.15) is 8.78 Å². The lowest BCUT2D eigenvalue weighted by Crippen LogP contribution is -2.30. The Morgan fingerprint density at radius 1 is 0.933 bits per heavy atom. The van der Waals surface area contributed by atoms with E-state index < -0.39 is 25.1 Å². The van der Waals surface area contributed by atoms with Crippen LogP contribution >= 0.6 is 0 Å². The number of carbonyl (C=O) groups is 3. The number of nitrogens with one attached hydrogen (secondary N) is 2. The summed E-state index contributed by atoms with van der Waals surface area (Å²) >= 11 is 0. The molecule has 0 bridgehead atoms. The Kier molecular flexibility index (Phi) is 8.74. The Balaban J connectivity index is 1.68. The van der Waals surface area contributed by atoms with E-state index in [1.807, 2.05) is 0 Å². The summed E-state index contributed by atoms with van der Waals surface area (Å²) in [6, 6.07) is 12.6. The Morgan fingerprint density at radius 3 is 2.17 bits per heavy atom. The van der Waals surface area contributed by atoms with Gasteiger partial charge in [0, 0.05) is 20.0 Å². The van der Waals surface area contributed by atoms with Crippen molar-refractivity contribution in [3.63, 3.8) is 0 Å². The molecular weight excluding hydrogens is 398 g/mol. The van der Waals surface area contributed by atoms with E-state index in [4.69, 9.17) is 4.74 Å². The molecule has 2 aromatic rings. The first-order valence-electron chi connectivity index (χ1n) is 9.14. The second kappa shape index (κ2) is 11.5. The van der Waals surface area contributed by atoms with Crippen LogP contribution < -0.4 is 15.4 Å². The van der Waals surface area contributed by atoms with E-state index in [1.54, 1.807) is 36.4 Å². The molecular formula is C21H22F2N2O5. The lowest BCUT2D eigenvalue weighted by molar-refractivity contribution is -0.124. The summed E-state index contributed by atoms with van der Waals surface area (Å²) in [6.07, 6.45) is 0.477. The molecule has 9 heteroatoms. The number of halogens is 2. The Morgan fingerprint density at radius 2 is 1.57 bits per heavy atom. The van der Waals surface area contributed by atoms with E-state index in [0.717, 1.165) is 11.1 Å². The fraction of sp³-hybridized carbons (Fsp3) is 0.286. The predicted octanol–water partition coefficient (Wildman–Crippen LogP) is 2.44. The highest BCUT2D eigenvalue weighted by molar-refractivity contribution is 5.91. The number of carbonyl (C=O) groups excluding carboxylic acids is 3. The minimum Gasteiger partial charge on any atom is -0.452 e. The molecule has 0 aliphatic carbocycles. The van der Waals surface area contributed by atoms with Gasteiger partial charge >= 0.3 is 12.6 Å². The molecule has 2 amide bonds. The maximum Gasteiger partial charge on any atom is 0.387 e. The van der Waals surface area contributed by atoms with Gasteiger partial charge in [0.2, 0.25) is 5.91 Å². The average Bonchev–Trinajstić information content (AvgIpc) is 2.71. The van der Waals surface area contributed by atoms with Gasteiger partial charge in [0.15, 0.2) is 6.61 Å². The maximum atomic E-state index is 12.1. The predicted molar refractivity (Wildman–Crippen MR) is 104 cm³/mol. The monoisotopic (exact) mass is 420 g/mol. The largest absolute Gasteiger partial charge is 0.452 e. The molecule has 0 atom stereocenters. The number of rotatable bonds is 10. The molecule has 0 saturated carbocycles. The van der Waals surface area contributed by atoms with Crippen molar-refractivity contribution in [1.29, 1.82) is 0 Å². The van der Waals surface area contributed by atoms with Crippen LogP contribution in [-0.4, -0.2) is 37.5 Å². The SMILES string of the molecule is CC(=O)NCc1ccc(C(=O)OCC(=O)NCCc2ccc(OC(F)F)cc2)cc1. The van der Waals surface area contributed by atoms with Gasteiger partial charge in [0.1, 0.15) is 5.75 Å². The van der Waals surface area contributed by atoms with Crippen LogP contribution in [0.2, 0.25) is 0 Å². The third kappa shape index (κ3) is 8.26. The molecule has 0 aliphatic rings. The van der Waals surface area contributed by atoms with Gasteiger partial charge in [0.05, 0.1) is 5.56 Å². The normalized spacial score (nSPS) is 10.4. The summed E-state index contributed by atoms with van der Waals surface area (Å²) in [6.45, 7) is -1.23. The molecule has 0 fully saturated rings. The highest BCUT2D eigenvalue weighted by Crippen LogP contribution is 2.15. The summed E-state index contributed by atoms with van der Waals surface area (Å²) in [5, 5.41) is 5.26. The molecule has 0 saturated heterocycles. The number of amides is 2. The summed E-state index contributed by atoms with van der Waals surface area (Å²) < 4.78 is 33.5. The molecule has 0 unspecified atom stereocenters. The molecule has 30 heavy (non-hydrogen) atoms. The van der Waals surface area contributed by atoms with Crippen LogP contribution in [0.15, 0.2) is 48.5 Å². The van der Waals surface area contributed by atoms with Crippen LogP contribution in [0.5, 0.6) is 5.75 Å². The van der Waals surface area contributed by atoms with Crippen molar-refractivity contribution in [1.82, 2.24) is 10.6 Å². The Labute approximate surface area is 172 Å².